The van der Waals surface area contributed by atoms with Gasteiger partial charge in [-0.1, -0.05) is 43.2 Å². The van der Waals surface area contributed by atoms with E-state index in [9.17, 15) is 10.1 Å². The molecule has 0 spiro atoms. The van der Waals surface area contributed by atoms with E-state index in [0.29, 0.717) is 67.7 Å². The number of allylic oxidation sites excluding steroid dienone is 1. The zero-order valence-corrected chi connectivity index (χ0v) is 24.9. The first-order valence-electron chi connectivity index (χ1n) is 15.7. The van der Waals surface area contributed by atoms with Gasteiger partial charge in [0.15, 0.2) is 0 Å². The Hall–Kier alpha value is -3.64. The molecule has 43 heavy (non-hydrogen) atoms. The molecule has 5 heterocycles. The van der Waals surface area contributed by atoms with Gasteiger partial charge >= 0.3 is 0 Å². The molecule has 1 atom stereocenters. The molecule has 1 aliphatic carbocycles. The molecule has 226 valence electrons. The number of aromatic nitrogens is 3. The zero-order chi connectivity index (χ0) is 30.0. The van der Waals surface area contributed by atoms with Gasteiger partial charge in [-0.05, 0) is 82.7 Å². The second kappa shape index (κ2) is 12.2. The maximum absolute atomic E-state index is 15.8. The van der Waals surface area contributed by atoms with E-state index >= 15 is 8.78 Å². The molecule has 0 unspecified atom stereocenters. The van der Waals surface area contributed by atoms with Crippen molar-refractivity contribution in [1.29, 1.82) is 5.26 Å². The van der Waals surface area contributed by atoms with Crippen molar-refractivity contribution in [2.75, 3.05) is 25.0 Å². The third-order valence-corrected chi connectivity index (χ3v) is 9.62. The molecule has 4 aliphatic rings. The van der Waals surface area contributed by atoms with E-state index in [2.05, 4.69) is 38.4 Å². The van der Waals surface area contributed by atoms with Gasteiger partial charge in [-0.2, -0.15) is 5.26 Å². The summed E-state index contributed by atoms with van der Waals surface area (Å²) in [5, 5.41) is 14.0. The summed E-state index contributed by atoms with van der Waals surface area (Å²) >= 11 is 0. The molecular formula is C34H40F2N6O. The number of rotatable bonds is 1. The molecule has 9 heteroatoms. The fourth-order valence-corrected chi connectivity index (χ4v) is 6.66. The summed E-state index contributed by atoms with van der Waals surface area (Å²) < 4.78 is 33.4. The summed E-state index contributed by atoms with van der Waals surface area (Å²) in [6, 6.07) is 10.5. The molecule has 0 radical (unpaired) electrons. The van der Waals surface area contributed by atoms with E-state index in [1.165, 1.54) is 12.4 Å². The Morgan fingerprint density at radius 2 is 1.81 bits per heavy atom. The lowest BCUT2D eigenvalue weighted by atomic mass is 9.85. The normalized spacial score (nSPS) is 26.3. The molecule has 8 bridgehead atoms. The van der Waals surface area contributed by atoms with Crippen LogP contribution in [0.2, 0.25) is 0 Å². The van der Waals surface area contributed by atoms with Gasteiger partial charge in [0.2, 0.25) is 0 Å². The van der Waals surface area contributed by atoms with E-state index in [1.807, 2.05) is 13.0 Å². The van der Waals surface area contributed by atoms with Gasteiger partial charge in [-0.15, -0.1) is 0 Å². The first kappa shape index (κ1) is 29.4. The Labute approximate surface area is 251 Å². The van der Waals surface area contributed by atoms with Crippen LogP contribution >= 0.6 is 0 Å². The minimum atomic E-state index is -2.92. The topological polar surface area (TPSA) is 86.8 Å². The minimum Gasteiger partial charge on any atom is -0.363 e. The highest BCUT2D eigenvalue weighted by Gasteiger charge is 2.47. The summed E-state index contributed by atoms with van der Waals surface area (Å²) in [6.45, 7) is 4.60. The van der Waals surface area contributed by atoms with Crippen LogP contribution in [0.3, 0.4) is 0 Å². The van der Waals surface area contributed by atoms with E-state index in [1.54, 1.807) is 22.8 Å². The fraction of sp³-hybridized carbons (Fsp3) is 0.529. The maximum atomic E-state index is 15.8. The Bertz CT molecular complexity index is 1600. The Balaban J connectivity index is 1.38. The highest BCUT2D eigenvalue weighted by atomic mass is 19.3. The summed E-state index contributed by atoms with van der Waals surface area (Å²) in [5.41, 5.74) is 0.878. The number of nitrogens with zero attached hydrogens (tertiary/aromatic N) is 5. The predicted molar refractivity (Wildman–Crippen MR) is 164 cm³/mol. The predicted octanol–water partition coefficient (Wildman–Crippen LogP) is 6.84. The van der Waals surface area contributed by atoms with Crippen molar-refractivity contribution in [2.45, 2.75) is 88.6 Å². The Kier molecular flexibility index (Phi) is 8.32. The average Bonchev–Trinajstić information content (AvgIpc) is 3.82. The number of aryl methyl sites for hydroxylation is 1. The Morgan fingerprint density at radius 3 is 2.58 bits per heavy atom. The number of fused-ring (bicyclic) bond motifs is 10. The first-order chi connectivity index (χ1) is 20.8. The van der Waals surface area contributed by atoms with Crippen LogP contribution in [0.1, 0.15) is 87.4 Å². The molecule has 1 saturated carbocycles. The van der Waals surface area contributed by atoms with Crippen molar-refractivity contribution in [1.82, 2.24) is 19.4 Å². The number of hydrogen-bond acceptors (Lipinski definition) is 6. The van der Waals surface area contributed by atoms with Crippen molar-refractivity contribution >= 4 is 16.9 Å². The van der Waals surface area contributed by atoms with Gasteiger partial charge in [0.25, 0.3) is 11.5 Å². The molecule has 1 saturated heterocycles. The van der Waals surface area contributed by atoms with Crippen LogP contribution in [0.5, 0.6) is 0 Å². The van der Waals surface area contributed by atoms with E-state index < -0.39 is 17.3 Å². The number of anilines is 1. The fourth-order valence-electron chi connectivity index (χ4n) is 6.66. The van der Waals surface area contributed by atoms with Crippen LogP contribution in [0.4, 0.5) is 14.6 Å². The monoisotopic (exact) mass is 586 g/mol. The Morgan fingerprint density at radius 1 is 1.02 bits per heavy atom. The van der Waals surface area contributed by atoms with Crippen LogP contribution in [-0.4, -0.2) is 39.1 Å². The summed E-state index contributed by atoms with van der Waals surface area (Å²) in [7, 11) is 0. The second-order valence-corrected chi connectivity index (χ2v) is 12.5. The molecular weight excluding hydrogens is 546 g/mol. The van der Waals surface area contributed by atoms with E-state index in [0.717, 1.165) is 44.2 Å². The van der Waals surface area contributed by atoms with Crippen molar-refractivity contribution in [3.8, 4) is 6.07 Å². The van der Waals surface area contributed by atoms with Crippen LogP contribution in [0.25, 0.3) is 11.0 Å². The molecule has 2 fully saturated rings. The lowest BCUT2D eigenvalue weighted by Gasteiger charge is -2.35. The van der Waals surface area contributed by atoms with Gasteiger partial charge in [-0.3, -0.25) is 14.3 Å². The molecule has 7 rings (SSSR count). The highest BCUT2D eigenvalue weighted by molar-refractivity contribution is 5.87. The van der Waals surface area contributed by atoms with Crippen LogP contribution in [-0.2, 0) is 17.9 Å². The lowest BCUT2D eigenvalue weighted by molar-refractivity contribution is -0.0847. The van der Waals surface area contributed by atoms with Crippen molar-refractivity contribution in [3.05, 3.63) is 75.9 Å². The van der Waals surface area contributed by atoms with Crippen molar-refractivity contribution in [2.24, 2.45) is 5.92 Å². The molecule has 7 nitrogen and oxygen atoms in total. The second-order valence-electron chi connectivity index (χ2n) is 12.5. The number of nitriles is 1. The van der Waals surface area contributed by atoms with Gasteiger partial charge < -0.3 is 5.32 Å². The lowest BCUT2D eigenvalue weighted by Crippen LogP contribution is -2.39. The summed E-state index contributed by atoms with van der Waals surface area (Å²) in [5.74, 6) is -3.09. The molecule has 1 aromatic carbocycles. The van der Waals surface area contributed by atoms with Gasteiger partial charge in [-0.25, -0.2) is 18.7 Å². The van der Waals surface area contributed by atoms with Crippen LogP contribution < -0.4 is 10.9 Å². The summed E-state index contributed by atoms with van der Waals surface area (Å²) in [6.07, 6.45) is 13.0. The van der Waals surface area contributed by atoms with Gasteiger partial charge in [0.05, 0.1) is 16.9 Å². The van der Waals surface area contributed by atoms with Crippen molar-refractivity contribution < 1.29 is 8.78 Å². The number of alkyl halides is 2. The van der Waals surface area contributed by atoms with Crippen molar-refractivity contribution in [3.63, 3.8) is 0 Å². The SMILES string of the molecule is C[C@H]1Nc2ncnc3c2cc(C2(C#N)CC2)c(=O)n3CCCCCC/C=C/CN2CCC(CC2)C(F)(F)c2cccc1c2. The highest BCUT2D eigenvalue weighted by Crippen LogP contribution is 2.47. The van der Waals surface area contributed by atoms with E-state index in [-0.39, 0.29) is 17.2 Å². The number of pyridine rings is 1. The quantitative estimate of drug-likeness (QED) is 0.314. The molecule has 0 amide bonds. The standard InChI is InChI=1S/C34H40F2N6O/c1-24-25-10-9-11-27(20-25)34(35,36)26-12-18-41(19-13-26)16-7-5-3-2-4-6-8-17-42-31-28(30(40-24)38-23-39-31)21-29(32(42)43)33(22-37)14-15-33/h5,7,9-11,20-21,23-24,26H,2-4,6,8,12-19H2,1H3,(H,38,39,40)/b7-5+/t24-/m1/s1. The number of halogens is 2. The zero-order valence-electron chi connectivity index (χ0n) is 24.9. The summed E-state index contributed by atoms with van der Waals surface area (Å²) in [4.78, 5) is 25.0. The molecule has 2 aromatic heterocycles. The third-order valence-electron chi connectivity index (χ3n) is 9.62. The average molecular weight is 587 g/mol. The van der Waals surface area contributed by atoms with Gasteiger partial charge in [0.1, 0.15) is 17.8 Å². The molecule has 3 aliphatic heterocycles. The van der Waals surface area contributed by atoms with Crippen LogP contribution in [0, 0.1) is 17.2 Å². The largest absolute Gasteiger partial charge is 0.363 e. The smallest absolute Gasteiger partial charge is 0.276 e. The molecule has 3 aromatic rings. The number of benzene rings is 1. The minimum absolute atomic E-state index is 0.0451. The van der Waals surface area contributed by atoms with E-state index in [4.69, 9.17) is 0 Å². The number of piperidine rings is 1. The third kappa shape index (κ3) is 5.95. The van der Waals surface area contributed by atoms with Gasteiger partial charge in [0, 0.05) is 36.2 Å². The maximum Gasteiger partial charge on any atom is 0.276 e. The first-order valence-corrected chi connectivity index (χ1v) is 15.7. The number of nitrogens with one attached hydrogen (secondary N) is 1. The number of hydrogen-bond donors (Lipinski definition) is 1. The van der Waals surface area contributed by atoms with Crippen LogP contribution in [0.15, 0.2) is 53.6 Å². The molecule has 1 N–H and O–H groups in total.